The van der Waals surface area contributed by atoms with E-state index in [-0.39, 0.29) is 4.99 Å². The van der Waals surface area contributed by atoms with Gasteiger partial charge in [0.2, 0.25) is 0 Å². The Morgan fingerprint density at radius 1 is 1.53 bits per heavy atom. The molecule has 94 valence electrons. The molecule has 0 amide bonds. The van der Waals surface area contributed by atoms with E-state index in [2.05, 4.69) is 0 Å². The van der Waals surface area contributed by atoms with E-state index in [1.807, 2.05) is 0 Å². The smallest absolute Gasteiger partial charge is 0.147 e. The summed E-state index contributed by atoms with van der Waals surface area (Å²) in [6.45, 7) is 3.67. The number of likely N-dealkylation sites (N-methyl/N-ethyl adjacent to an activating group) is 1. The van der Waals surface area contributed by atoms with Crippen molar-refractivity contribution in [3.8, 4) is 0 Å². The number of thiocarbonyl (C=S) groups is 1. The van der Waals surface area contributed by atoms with Gasteiger partial charge in [-0.3, -0.25) is 0 Å². The summed E-state index contributed by atoms with van der Waals surface area (Å²) in [5.74, 6) is -0.401. The minimum Gasteiger partial charge on any atom is -0.389 e. The van der Waals surface area contributed by atoms with Gasteiger partial charge in [-0.1, -0.05) is 12.2 Å². The first-order chi connectivity index (χ1) is 7.70. The zero-order chi connectivity index (χ0) is 13.2. The third-order valence-electron chi connectivity index (χ3n) is 2.27. The van der Waals surface area contributed by atoms with Crippen molar-refractivity contribution in [1.82, 2.24) is 0 Å². The second-order valence-electron chi connectivity index (χ2n) is 4.70. The van der Waals surface area contributed by atoms with Crippen LogP contribution in [0.15, 0.2) is 18.2 Å². The zero-order valence-electron chi connectivity index (χ0n) is 10.2. The third-order valence-corrected chi connectivity index (χ3v) is 2.50. The van der Waals surface area contributed by atoms with Gasteiger partial charge in [-0.15, -0.1) is 0 Å². The summed E-state index contributed by atoms with van der Waals surface area (Å²) in [7, 11) is 1.72. The summed E-state index contributed by atoms with van der Waals surface area (Å²) in [4.78, 5) is 1.82. The first-order valence-corrected chi connectivity index (χ1v) is 5.64. The van der Waals surface area contributed by atoms with E-state index in [0.29, 0.717) is 17.8 Å². The average Bonchev–Trinajstić information content (AvgIpc) is 2.14. The van der Waals surface area contributed by atoms with Gasteiger partial charge < -0.3 is 15.7 Å². The molecule has 5 heteroatoms. The number of nitrogens with two attached hydrogens (primary N) is 1. The van der Waals surface area contributed by atoms with Crippen LogP contribution in [-0.4, -0.2) is 29.3 Å². The Hall–Kier alpha value is -1.20. The number of aliphatic hydroxyl groups is 1. The molecule has 0 aliphatic carbocycles. The Kier molecular flexibility index (Phi) is 4.06. The average molecular weight is 256 g/mol. The predicted molar refractivity (Wildman–Crippen MR) is 71.9 cm³/mol. The molecule has 0 bridgehead atoms. The lowest BCUT2D eigenvalue weighted by atomic mass is 10.1. The lowest BCUT2D eigenvalue weighted by Gasteiger charge is -2.27. The van der Waals surface area contributed by atoms with E-state index >= 15 is 0 Å². The summed E-state index contributed by atoms with van der Waals surface area (Å²) in [5, 5.41) is 9.68. The van der Waals surface area contributed by atoms with E-state index in [0.717, 1.165) is 0 Å². The van der Waals surface area contributed by atoms with E-state index < -0.39 is 11.4 Å². The molecule has 0 aliphatic rings. The molecule has 3 N–H and O–H groups in total. The molecule has 0 aromatic heterocycles. The Morgan fingerprint density at radius 2 is 2.12 bits per heavy atom. The molecule has 17 heavy (non-hydrogen) atoms. The highest BCUT2D eigenvalue weighted by Crippen LogP contribution is 2.21. The Bertz CT molecular complexity index is 429. The van der Waals surface area contributed by atoms with Crippen LogP contribution in [0.3, 0.4) is 0 Å². The van der Waals surface area contributed by atoms with Crippen molar-refractivity contribution in [3.63, 3.8) is 0 Å². The number of halogens is 1. The van der Waals surface area contributed by atoms with E-state index in [9.17, 15) is 9.50 Å². The van der Waals surface area contributed by atoms with Gasteiger partial charge in [-0.2, -0.15) is 0 Å². The lowest BCUT2D eigenvalue weighted by Crippen LogP contribution is -2.36. The number of benzene rings is 1. The third kappa shape index (κ3) is 3.94. The van der Waals surface area contributed by atoms with Crippen molar-refractivity contribution < 1.29 is 9.50 Å². The summed E-state index contributed by atoms with van der Waals surface area (Å²) in [5.41, 5.74) is 5.44. The topological polar surface area (TPSA) is 49.5 Å². The quantitative estimate of drug-likeness (QED) is 0.805. The second-order valence-corrected chi connectivity index (χ2v) is 5.14. The normalized spacial score (nSPS) is 11.4. The van der Waals surface area contributed by atoms with Crippen LogP contribution >= 0.6 is 12.2 Å². The molecule has 1 rings (SSSR count). The molecule has 1 aromatic carbocycles. The van der Waals surface area contributed by atoms with Gasteiger partial charge in [0.15, 0.2) is 0 Å². The van der Waals surface area contributed by atoms with E-state index in [4.69, 9.17) is 18.0 Å². The van der Waals surface area contributed by atoms with Crippen LogP contribution < -0.4 is 10.6 Å². The number of rotatable bonds is 4. The van der Waals surface area contributed by atoms with Crippen LogP contribution in [0.4, 0.5) is 10.1 Å². The van der Waals surface area contributed by atoms with Crippen LogP contribution in [0.1, 0.15) is 19.4 Å². The Labute approximate surface area is 106 Å². The largest absolute Gasteiger partial charge is 0.389 e. The molecular formula is C12H17FN2OS. The van der Waals surface area contributed by atoms with Gasteiger partial charge >= 0.3 is 0 Å². The van der Waals surface area contributed by atoms with Gasteiger partial charge in [0, 0.05) is 19.2 Å². The monoisotopic (exact) mass is 256 g/mol. The summed E-state index contributed by atoms with van der Waals surface area (Å²) in [6, 6.07) is 4.58. The molecule has 0 heterocycles. The maximum atomic E-state index is 13.8. The van der Waals surface area contributed by atoms with E-state index in [1.54, 1.807) is 37.9 Å². The lowest BCUT2D eigenvalue weighted by molar-refractivity contribution is 0.0885. The molecule has 1 aromatic rings. The molecule has 0 radical (unpaired) electrons. The first kappa shape index (κ1) is 13.9. The first-order valence-electron chi connectivity index (χ1n) is 5.23. The highest BCUT2D eigenvalue weighted by atomic mass is 32.1. The van der Waals surface area contributed by atoms with Crippen LogP contribution in [-0.2, 0) is 0 Å². The summed E-state index contributed by atoms with van der Waals surface area (Å²) < 4.78 is 13.8. The van der Waals surface area contributed by atoms with Crippen LogP contribution in [0.25, 0.3) is 0 Å². The van der Waals surface area contributed by atoms with Crippen molar-refractivity contribution in [1.29, 1.82) is 0 Å². The van der Waals surface area contributed by atoms with Gasteiger partial charge in [0.1, 0.15) is 10.8 Å². The number of anilines is 1. The minimum atomic E-state index is -0.886. The van der Waals surface area contributed by atoms with Crippen molar-refractivity contribution >= 4 is 22.9 Å². The fourth-order valence-electron chi connectivity index (χ4n) is 1.64. The molecule has 0 fully saturated rings. The number of hydrogen-bond acceptors (Lipinski definition) is 3. The highest BCUT2D eigenvalue weighted by Gasteiger charge is 2.18. The van der Waals surface area contributed by atoms with Gasteiger partial charge in [-0.25, -0.2) is 4.39 Å². The highest BCUT2D eigenvalue weighted by molar-refractivity contribution is 7.80. The molecular weight excluding hydrogens is 239 g/mol. The number of hydrogen-bond donors (Lipinski definition) is 2. The second kappa shape index (κ2) is 4.98. The minimum absolute atomic E-state index is 0.167. The molecule has 0 aliphatic heterocycles. The Morgan fingerprint density at radius 3 is 2.53 bits per heavy atom. The molecule has 3 nitrogen and oxygen atoms in total. The molecule has 0 atom stereocenters. The van der Waals surface area contributed by atoms with Gasteiger partial charge in [-0.05, 0) is 32.0 Å². The summed E-state index contributed by atoms with van der Waals surface area (Å²) >= 11 is 4.78. The van der Waals surface area contributed by atoms with Crippen molar-refractivity contribution in [3.05, 3.63) is 29.6 Å². The van der Waals surface area contributed by atoms with Crippen LogP contribution in [0.2, 0.25) is 0 Å². The molecule has 0 saturated heterocycles. The van der Waals surface area contributed by atoms with Crippen LogP contribution in [0, 0.1) is 5.82 Å². The number of nitrogens with zero attached hydrogens (tertiary/aromatic N) is 1. The van der Waals surface area contributed by atoms with Crippen molar-refractivity contribution in [2.75, 3.05) is 18.5 Å². The zero-order valence-corrected chi connectivity index (χ0v) is 11.0. The molecule has 0 saturated carbocycles. The summed E-state index contributed by atoms with van der Waals surface area (Å²) in [6.07, 6.45) is 0. The van der Waals surface area contributed by atoms with Gasteiger partial charge in [0.05, 0.1) is 11.3 Å². The van der Waals surface area contributed by atoms with Crippen molar-refractivity contribution in [2.45, 2.75) is 19.4 Å². The Balaban J connectivity index is 2.96. The van der Waals surface area contributed by atoms with Gasteiger partial charge in [0.25, 0.3) is 0 Å². The fraction of sp³-hybridized carbons (Fsp3) is 0.417. The molecule has 0 unspecified atom stereocenters. The SMILES string of the molecule is CN(CC(C)(C)O)c1ccc(C(N)=S)cc1F. The predicted octanol–water partition coefficient (Wildman–Crippen LogP) is 1.67. The van der Waals surface area contributed by atoms with Crippen molar-refractivity contribution in [2.24, 2.45) is 5.73 Å². The van der Waals surface area contributed by atoms with E-state index in [1.165, 1.54) is 6.07 Å². The maximum absolute atomic E-state index is 13.8. The van der Waals surface area contributed by atoms with Crippen LogP contribution in [0.5, 0.6) is 0 Å². The fourth-order valence-corrected chi connectivity index (χ4v) is 1.76. The molecule has 0 spiro atoms. The maximum Gasteiger partial charge on any atom is 0.147 e. The standard InChI is InChI=1S/C12H17FN2OS/c1-12(2,16)7-15(3)10-5-4-8(11(14)17)6-9(10)13/h4-6,16H,7H2,1-3H3,(H2,14,17).